The van der Waals surface area contributed by atoms with Crippen molar-refractivity contribution in [2.75, 3.05) is 0 Å². The molecule has 0 saturated carbocycles. The Balaban J connectivity index is 1.69. The van der Waals surface area contributed by atoms with Crippen LogP contribution in [-0.4, -0.2) is 9.97 Å². The van der Waals surface area contributed by atoms with Gasteiger partial charge in [0.1, 0.15) is 18.2 Å². The Hall–Kier alpha value is -3.54. The third-order valence-electron chi connectivity index (χ3n) is 4.17. The molecule has 4 aromatic rings. The van der Waals surface area contributed by atoms with Crippen LogP contribution in [0.15, 0.2) is 71.5 Å². The van der Waals surface area contributed by atoms with E-state index in [4.69, 9.17) is 4.74 Å². The maximum atomic E-state index is 13.3. The van der Waals surface area contributed by atoms with Crippen molar-refractivity contribution in [1.82, 2.24) is 9.97 Å². The summed E-state index contributed by atoms with van der Waals surface area (Å²) in [6, 6.07) is 17.7. The predicted octanol–water partition coefficient (Wildman–Crippen LogP) is 4.45. The summed E-state index contributed by atoms with van der Waals surface area (Å²) in [5.41, 5.74) is 1.81. The van der Waals surface area contributed by atoms with Crippen LogP contribution in [0.4, 0.5) is 8.78 Å². The van der Waals surface area contributed by atoms with E-state index < -0.39 is 11.6 Å². The first-order chi connectivity index (χ1) is 13.1. The smallest absolute Gasteiger partial charge is 0.259 e. The number of nitrogens with one attached hydrogen (secondary N) is 1. The second kappa shape index (κ2) is 6.99. The van der Waals surface area contributed by atoms with Crippen LogP contribution in [0.1, 0.15) is 5.56 Å². The van der Waals surface area contributed by atoms with Crippen molar-refractivity contribution in [3.05, 3.63) is 94.3 Å². The summed E-state index contributed by atoms with van der Waals surface area (Å²) in [6.45, 7) is 0.109. The van der Waals surface area contributed by atoms with Crippen LogP contribution in [0.2, 0.25) is 0 Å². The maximum absolute atomic E-state index is 13.3. The minimum absolute atomic E-state index is 0.109. The zero-order valence-corrected chi connectivity index (χ0v) is 14.1. The highest BCUT2D eigenvalue weighted by Gasteiger charge is 2.11. The summed E-state index contributed by atoms with van der Waals surface area (Å²) in [5.74, 6) is -1.27. The quantitative estimate of drug-likeness (QED) is 0.582. The molecule has 0 aliphatic carbocycles. The van der Waals surface area contributed by atoms with Crippen molar-refractivity contribution in [3.8, 4) is 17.1 Å². The number of hydrogen-bond donors (Lipinski definition) is 1. The summed E-state index contributed by atoms with van der Waals surface area (Å²) in [6.07, 6.45) is 0. The Morgan fingerprint density at radius 2 is 1.70 bits per heavy atom. The molecule has 0 amide bonds. The average Bonchev–Trinajstić information content (AvgIpc) is 2.69. The molecule has 0 bridgehead atoms. The molecular weight excluding hydrogens is 350 g/mol. The van der Waals surface area contributed by atoms with E-state index in [0.717, 1.165) is 17.7 Å². The molecule has 27 heavy (non-hydrogen) atoms. The van der Waals surface area contributed by atoms with E-state index in [1.807, 2.05) is 30.3 Å². The number of benzene rings is 3. The van der Waals surface area contributed by atoms with Gasteiger partial charge in [0.25, 0.3) is 5.56 Å². The monoisotopic (exact) mass is 364 g/mol. The number of fused-ring (bicyclic) bond motifs is 1. The first-order valence-electron chi connectivity index (χ1n) is 8.27. The van der Waals surface area contributed by atoms with Gasteiger partial charge in [-0.15, -0.1) is 0 Å². The minimum Gasteiger partial charge on any atom is -0.489 e. The third-order valence-corrected chi connectivity index (χ3v) is 4.17. The number of ether oxygens (including phenoxy) is 1. The van der Waals surface area contributed by atoms with Gasteiger partial charge in [-0.25, -0.2) is 13.8 Å². The Morgan fingerprint density at radius 1 is 0.926 bits per heavy atom. The van der Waals surface area contributed by atoms with E-state index in [2.05, 4.69) is 9.97 Å². The molecule has 0 atom stereocenters. The van der Waals surface area contributed by atoms with Crippen LogP contribution in [-0.2, 0) is 6.61 Å². The summed E-state index contributed by atoms with van der Waals surface area (Å²) in [4.78, 5) is 19.6. The molecule has 0 radical (unpaired) electrons. The first-order valence-corrected chi connectivity index (χ1v) is 8.27. The lowest BCUT2D eigenvalue weighted by Crippen LogP contribution is -2.10. The molecule has 1 aromatic heterocycles. The number of aromatic nitrogens is 2. The molecule has 134 valence electrons. The van der Waals surface area contributed by atoms with Gasteiger partial charge in [0.2, 0.25) is 0 Å². The molecule has 1 heterocycles. The van der Waals surface area contributed by atoms with Crippen LogP contribution < -0.4 is 10.3 Å². The van der Waals surface area contributed by atoms with E-state index in [1.54, 1.807) is 18.2 Å². The molecule has 0 spiro atoms. The molecule has 3 aromatic carbocycles. The van der Waals surface area contributed by atoms with Gasteiger partial charge in [-0.2, -0.15) is 0 Å². The van der Waals surface area contributed by atoms with Crippen LogP contribution in [0.5, 0.6) is 5.75 Å². The predicted molar refractivity (Wildman–Crippen MR) is 98.5 cm³/mol. The van der Waals surface area contributed by atoms with Gasteiger partial charge in [-0.3, -0.25) is 4.79 Å². The zero-order valence-electron chi connectivity index (χ0n) is 14.1. The maximum Gasteiger partial charge on any atom is 0.259 e. The Kier molecular flexibility index (Phi) is 4.38. The Labute approximate surface area is 153 Å². The van der Waals surface area contributed by atoms with Crippen LogP contribution in [0.3, 0.4) is 0 Å². The summed E-state index contributed by atoms with van der Waals surface area (Å²) in [7, 11) is 0. The second-order valence-electron chi connectivity index (χ2n) is 5.95. The molecule has 0 unspecified atom stereocenters. The largest absolute Gasteiger partial charge is 0.489 e. The van der Waals surface area contributed by atoms with Crippen molar-refractivity contribution in [3.63, 3.8) is 0 Å². The van der Waals surface area contributed by atoms with Crippen molar-refractivity contribution in [2.45, 2.75) is 6.61 Å². The van der Waals surface area contributed by atoms with Gasteiger partial charge in [0.15, 0.2) is 11.6 Å². The summed E-state index contributed by atoms with van der Waals surface area (Å²) in [5, 5.41) is 0.511. The molecule has 0 aliphatic heterocycles. The lowest BCUT2D eigenvalue weighted by Gasteiger charge is -2.11. The Morgan fingerprint density at radius 3 is 2.56 bits per heavy atom. The van der Waals surface area contributed by atoms with E-state index in [1.165, 1.54) is 6.07 Å². The standard InChI is InChI=1S/C21H14F2N2O2/c22-17-10-9-14(11-18(17)23)27-12-13-5-1-2-6-15(13)20-24-19-8-4-3-7-16(19)21(26)25-20/h1-11H,12H2,(H,24,25,26). The highest BCUT2D eigenvalue weighted by molar-refractivity contribution is 5.79. The lowest BCUT2D eigenvalue weighted by molar-refractivity contribution is 0.303. The van der Waals surface area contributed by atoms with Gasteiger partial charge < -0.3 is 9.72 Å². The van der Waals surface area contributed by atoms with Gasteiger partial charge in [-0.05, 0) is 24.3 Å². The topological polar surface area (TPSA) is 55.0 Å². The molecule has 4 nitrogen and oxygen atoms in total. The van der Waals surface area contributed by atoms with Crippen LogP contribution in [0, 0.1) is 11.6 Å². The number of hydrogen-bond acceptors (Lipinski definition) is 3. The fourth-order valence-electron chi connectivity index (χ4n) is 2.82. The highest BCUT2D eigenvalue weighted by Crippen LogP contribution is 2.23. The fourth-order valence-corrected chi connectivity index (χ4v) is 2.82. The van der Waals surface area contributed by atoms with Crippen molar-refractivity contribution in [2.24, 2.45) is 0 Å². The Bertz CT molecular complexity index is 1190. The molecule has 0 aliphatic rings. The van der Waals surface area contributed by atoms with E-state index in [0.29, 0.717) is 22.3 Å². The third kappa shape index (κ3) is 3.42. The summed E-state index contributed by atoms with van der Waals surface area (Å²) >= 11 is 0. The van der Waals surface area contributed by atoms with E-state index in [-0.39, 0.29) is 17.9 Å². The fraction of sp³-hybridized carbons (Fsp3) is 0.0476. The van der Waals surface area contributed by atoms with E-state index in [9.17, 15) is 13.6 Å². The van der Waals surface area contributed by atoms with Crippen molar-refractivity contribution in [1.29, 1.82) is 0 Å². The molecule has 0 fully saturated rings. The minimum atomic E-state index is -0.971. The molecule has 1 N–H and O–H groups in total. The van der Waals surface area contributed by atoms with E-state index >= 15 is 0 Å². The molecular formula is C21H14F2N2O2. The number of rotatable bonds is 4. The molecule has 6 heteroatoms. The van der Waals surface area contributed by atoms with Crippen LogP contribution in [0.25, 0.3) is 22.3 Å². The normalized spacial score (nSPS) is 10.9. The number of H-pyrrole nitrogens is 1. The lowest BCUT2D eigenvalue weighted by atomic mass is 10.1. The van der Waals surface area contributed by atoms with Crippen molar-refractivity contribution >= 4 is 10.9 Å². The zero-order chi connectivity index (χ0) is 18.8. The molecule has 4 rings (SSSR count). The SMILES string of the molecule is O=c1[nH]c(-c2ccccc2COc2ccc(F)c(F)c2)nc2ccccc12. The van der Waals surface area contributed by atoms with Gasteiger partial charge in [0.05, 0.1) is 10.9 Å². The summed E-state index contributed by atoms with van der Waals surface area (Å²) < 4.78 is 32.0. The second-order valence-corrected chi connectivity index (χ2v) is 5.95. The highest BCUT2D eigenvalue weighted by atomic mass is 19.2. The van der Waals surface area contributed by atoms with Gasteiger partial charge in [0, 0.05) is 17.2 Å². The van der Waals surface area contributed by atoms with Gasteiger partial charge in [-0.1, -0.05) is 36.4 Å². The number of halogens is 2. The number of aromatic amines is 1. The molecule has 0 saturated heterocycles. The van der Waals surface area contributed by atoms with Gasteiger partial charge >= 0.3 is 0 Å². The van der Waals surface area contributed by atoms with Crippen molar-refractivity contribution < 1.29 is 13.5 Å². The van der Waals surface area contributed by atoms with Crippen LogP contribution >= 0.6 is 0 Å². The average molecular weight is 364 g/mol. The first kappa shape index (κ1) is 16.9. The number of nitrogens with zero attached hydrogens (tertiary/aromatic N) is 1. The number of para-hydroxylation sites is 1.